The molecule has 1 aromatic carbocycles. The molecule has 0 bridgehead atoms. The van der Waals surface area contributed by atoms with Crippen molar-refractivity contribution in [2.75, 3.05) is 6.61 Å². The zero-order chi connectivity index (χ0) is 14.9. The SMILES string of the molecule is O=S(=O)(NC1CCCCCC1O)c1ccc2c(c1)CCO2. The molecular weight excluding hydrogens is 290 g/mol. The highest BCUT2D eigenvalue weighted by Gasteiger charge is 2.27. The van der Waals surface area contributed by atoms with E-state index in [-0.39, 0.29) is 10.9 Å². The van der Waals surface area contributed by atoms with Crippen LogP contribution < -0.4 is 9.46 Å². The first-order valence-electron chi connectivity index (χ1n) is 7.52. The van der Waals surface area contributed by atoms with Gasteiger partial charge in [0.25, 0.3) is 0 Å². The molecule has 1 aromatic rings. The second-order valence-electron chi connectivity index (χ2n) is 5.80. The molecule has 1 aliphatic carbocycles. The van der Waals surface area contributed by atoms with E-state index in [1.54, 1.807) is 18.2 Å². The molecule has 5 nitrogen and oxygen atoms in total. The maximum atomic E-state index is 12.5. The Hall–Kier alpha value is -1.11. The molecular formula is C15H21NO4S. The van der Waals surface area contributed by atoms with Gasteiger partial charge in [-0.3, -0.25) is 0 Å². The van der Waals surface area contributed by atoms with Crippen molar-refractivity contribution in [1.82, 2.24) is 4.72 Å². The summed E-state index contributed by atoms with van der Waals surface area (Å²) in [6, 6.07) is 4.56. The Bertz CT molecular complexity index is 614. The molecule has 1 heterocycles. The lowest BCUT2D eigenvalue weighted by Crippen LogP contribution is -2.42. The summed E-state index contributed by atoms with van der Waals surface area (Å²) in [5, 5.41) is 10.1. The molecule has 2 atom stereocenters. The Morgan fingerprint density at radius 1 is 1.19 bits per heavy atom. The van der Waals surface area contributed by atoms with Gasteiger partial charge in [-0.15, -0.1) is 0 Å². The molecule has 2 aliphatic rings. The Labute approximate surface area is 125 Å². The fourth-order valence-electron chi connectivity index (χ4n) is 3.02. The molecule has 1 saturated carbocycles. The molecule has 2 unspecified atom stereocenters. The van der Waals surface area contributed by atoms with Gasteiger partial charge in [-0.2, -0.15) is 0 Å². The lowest BCUT2D eigenvalue weighted by molar-refractivity contribution is 0.130. The first-order chi connectivity index (χ1) is 10.1. The Morgan fingerprint density at radius 2 is 2.00 bits per heavy atom. The molecule has 21 heavy (non-hydrogen) atoms. The predicted molar refractivity (Wildman–Crippen MR) is 78.8 cm³/mol. The van der Waals surface area contributed by atoms with Crippen molar-refractivity contribution >= 4 is 10.0 Å². The third kappa shape index (κ3) is 3.22. The number of rotatable bonds is 3. The van der Waals surface area contributed by atoms with Crippen LogP contribution >= 0.6 is 0 Å². The normalized spacial score (nSPS) is 26.0. The van der Waals surface area contributed by atoms with Gasteiger partial charge in [0.2, 0.25) is 10.0 Å². The third-order valence-corrected chi connectivity index (χ3v) is 5.74. The van der Waals surface area contributed by atoms with E-state index in [4.69, 9.17) is 4.74 Å². The lowest BCUT2D eigenvalue weighted by Gasteiger charge is -2.21. The molecule has 0 aromatic heterocycles. The number of hydrogen-bond donors (Lipinski definition) is 2. The molecule has 116 valence electrons. The van der Waals surface area contributed by atoms with Gasteiger partial charge in [-0.05, 0) is 36.6 Å². The van der Waals surface area contributed by atoms with Crippen molar-refractivity contribution in [3.63, 3.8) is 0 Å². The van der Waals surface area contributed by atoms with E-state index in [9.17, 15) is 13.5 Å². The summed E-state index contributed by atoms with van der Waals surface area (Å²) in [5.74, 6) is 0.767. The van der Waals surface area contributed by atoms with Crippen molar-refractivity contribution < 1.29 is 18.3 Å². The number of nitrogens with one attached hydrogen (secondary N) is 1. The minimum Gasteiger partial charge on any atom is -0.493 e. The Kier molecular flexibility index (Phi) is 4.19. The average molecular weight is 311 g/mol. The number of ether oxygens (including phenoxy) is 1. The predicted octanol–water partition coefficient (Wildman–Crippen LogP) is 1.59. The van der Waals surface area contributed by atoms with Crippen LogP contribution in [0.15, 0.2) is 23.1 Å². The summed E-state index contributed by atoms with van der Waals surface area (Å²) >= 11 is 0. The zero-order valence-electron chi connectivity index (χ0n) is 11.9. The van der Waals surface area contributed by atoms with Crippen LogP contribution in [0.5, 0.6) is 5.75 Å². The smallest absolute Gasteiger partial charge is 0.240 e. The van der Waals surface area contributed by atoms with Crippen molar-refractivity contribution in [3.8, 4) is 5.75 Å². The standard InChI is InChI=1S/C15H21NO4S/c17-14-5-3-1-2-4-13(14)16-21(18,19)12-6-7-15-11(10-12)8-9-20-15/h6-7,10,13-14,16-17H,1-5,8-9H2. The van der Waals surface area contributed by atoms with Crippen molar-refractivity contribution in [2.24, 2.45) is 0 Å². The van der Waals surface area contributed by atoms with Gasteiger partial charge in [0.15, 0.2) is 0 Å². The first-order valence-corrected chi connectivity index (χ1v) is 9.01. The fourth-order valence-corrected chi connectivity index (χ4v) is 4.38. The van der Waals surface area contributed by atoms with Crippen LogP contribution in [0.4, 0.5) is 0 Å². The summed E-state index contributed by atoms with van der Waals surface area (Å²) in [6.45, 7) is 0.605. The number of benzene rings is 1. The Morgan fingerprint density at radius 3 is 2.86 bits per heavy atom. The summed E-state index contributed by atoms with van der Waals surface area (Å²) in [6.07, 6.45) is 4.44. The average Bonchev–Trinajstić information content (AvgIpc) is 2.84. The highest BCUT2D eigenvalue weighted by atomic mass is 32.2. The summed E-state index contributed by atoms with van der Waals surface area (Å²) in [5.41, 5.74) is 0.930. The highest BCUT2D eigenvalue weighted by molar-refractivity contribution is 7.89. The quantitative estimate of drug-likeness (QED) is 0.831. The minimum atomic E-state index is -3.60. The summed E-state index contributed by atoms with van der Waals surface area (Å²) in [4.78, 5) is 0.253. The van der Waals surface area contributed by atoms with Gasteiger partial charge < -0.3 is 9.84 Å². The lowest BCUT2D eigenvalue weighted by atomic mass is 10.1. The molecule has 6 heteroatoms. The second kappa shape index (κ2) is 5.94. The molecule has 2 N–H and O–H groups in total. The minimum absolute atomic E-state index is 0.253. The molecule has 3 rings (SSSR count). The fraction of sp³-hybridized carbons (Fsp3) is 0.600. The molecule has 0 amide bonds. The second-order valence-corrected chi connectivity index (χ2v) is 7.52. The number of fused-ring (bicyclic) bond motifs is 1. The number of sulfonamides is 1. The van der Waals surface area contributed by atoms with Gasteiger partial charge >= 0.3 is 0 Å². The molecule has 0 spiro atoms. The van der Waals surface area contributed by atoms with Gasteiger partial charge in [0.1, 0.15) is 5.75 Å². The van der Waals surface area contributed by atoms with Crippen LogP contribution in [0.1, 0.15) is 37.7 Å². The van der Waals surface area contributed by atoms with Crippen LogP contribution in [0.3, 0.4) is 0 Å². The van der Waals surface area contributed by atoms with Crippen LogP contribution in [-0.4, -0.2) is 32.3 Å². The van der Waals surface area contributed by atoms with Gasteiger partial charge in [0.05, 0.1) is 17.6 Å². The van der Waals surface area contributed by atoms with E-state index < -0.39 is 16.1 Å². The van der Waals surface area contributed by atoms with E-state index >= 15 is 0 Å². The van der Waals surface area contributed by atoms with E-state index in [1.165, 1.54) is 0 Å². The highest BCUT2D eigenvalue weighted by Crippen LogP contribution is 2.28. The topological polar surface area (TPSA) is 75.6 Å². The molecule has 1 aliphatic heterocycles. The Balaban J connectivity index is 1.80. The van der Waals surface area contributed by atoms with E-state index in [2.05, 4.69) is 4.72 Å². The molecule has 0 radical (unpaired) electrons. The monoisotopic (exact) mass is 311 g/mol. The third-order valence-electron chi connectivity index (χ3n) is 4.26. The summed E-state index contributed by atoms with van der Waals surface area (Å²) < 4.78 is 33.1. The maximum Gasteiger partial charge on any atom is 0.240 e. The van der Waals surface area contributed by atoms with E-state index in [1.807, 2.05) is 0 Å². The first kappa shape index (κ1) is 14.8. The van der Waals surface area contributed by atoms with Crippen LogP contribution in [-0.2, 0) is 16.4 Å². The van der Waals surface area contributed by atoms with Gasteiger partial charge in [-0.1, -0.05) is 19.3 Å². The van der Waals surface area contributed by atoms with Crippen LogP contribution in [0.2, 0.25) is 0 Å². The van der Waals surface area contributed by atoms with Crippen molar-refractivity contribution in [1.29, 1.82) is 0 Å². The molecule has 1 fully saturated rings. The van der Waals surface area contributed by atoms with Crippen molar-refractivity contribution in [3.05, 3.63) is 23.8 Å². The van der Waals surface area contributed by atoms with Gasteiger partial charge in [-0.25, -0.2) is 13.1 Å². The van der Waals surface area contributed by atoms with Crippen molar-refractivity contribution in [2.45, 2.75) is 55.6 Å². The zero-order valence-corrected chi connectivity index (χ0v) is 12.7. The van der Waals surface area contributed by atoms with Crippen LogP contribution in [0.25, 0.3) is 0 Å². The summed E-state index contributed by atoms with van der Waals surface area (Å²) in [7, 11) is -3.60. The molecule has 0 saturated heterocycles. The van der Waals surface area contributed by atoms with E-state index in [0.717, 1.165) is 37.0 Å². The maximum absolute atomic E-state index is 12.5. The van der Waals surface area contributed by atoms with Gasteiger partial charge in [0, 0.05) is 12.5 Å². The number of aliphatic hydroxyl groups excluding tert-OH is 1. The van der Waals surface area contributed by atoms with Crippen LogP contribution in [0, 0.1) is 0 Å². The largest absolute Gasteiger partial charge is 0.493 e. The number of aliphatic hydroxyl groups is 1. The number of hydrogen-bond acceptors (Lipinski definition) is 4. The van der Waals surface area contributed by atoms with E-state index in [0.29, 0.717) is 19.4 Å².